The minimum atomic E-state index is -0.742. The molecule has 3 aromatic rings. The molecular weight excluding hydrogens is 332 g/mol. The molecule has 0 radical (unpaired) electrons. The van der Waals surface area contributed by atoms with Crippen LogP contribution < -0.4 is 10.6 Å². The molecule has 130 valence electrons. The van der Waals surface area contributed by atoms with Gasteiger partial charge >= 0.3 is 11.8 Å². The Balaban J connectivity index is 1.43. The lowest BCUT2D eigenvalue weighted by Crippen LogP contribution is -2.29. The van der Waals surface area contributed by atoms with Gasteiger partial charge in [0.15, 0.2) is 0 Å². The summed E-state index contributed by atoms with van der Waals surface area (Å²) in [7, 11) is 0. The third-order valence-corrected chi connectivity index (χ3v) is 4.29. The highest BCUT2D eigenvalue weighted by molar-refractivity contribution is 6.43. The molecule has 0 spiro atoms. The van der Waals surface area contributed by atoms with Crippen LogP contribution >= 0.6 is 0 Å². The van der Waals surface area contributed by atoms with Gasteiger partial charge in [0, 0.05) is 16.9 Å². The SMILES string of the molecule is O=C(Nc1cccc(-c2nnco2)c1)C(=O)Nc1ccc2c(c1)CCC2. The second-order valence-electron chi connectivity index (χ2n) is 6.07. The summed E-state index contributed by atoms with van der Waals surface area (Å²) in [6.45, 7) is 0. The van der Waals surface area contributed by atoms with Crippen LogP contribution in [-0.4, -0.2) is 22.0 Å². The van der Waals surface area contributed by atoms with Gasteiger partial charge in [-0.3, -0.25) is 9.59 Å². The lowest BCUT2D eigenvalue weighted by Gasteiger charge is -2.08. The standard InChI is InChI=1S/C19H16N4O3/c24-17(18(25)22-16-8-7-12-3-1-4-13(12)9-16)21-15-6-2-5-14(10-15)19-23-20-11-26-19/h2,5-11H,1,3-4H2,(H,21,24)(H,22,25). The number of amides is 2. The molecule has 1 heterocycles. The summed E-state index contributed by atoms with van der Waals surface area (Å²) < 4.78 is 5.13. The summed E-state index contributed by atoms with van der Waals surface area (Å²) in [5.74, 6) is -1.12. The number of anilines is 2. The number of nitrogens with one attached hydrogen (secondary N) is 2. The molecule has 0 saturated heterocycles. The van der Waals surface area contributed by atoms with Crippen LogP contribution in [0.15, 0.2) is 53.3 Å². The number of carbonyl (C=O) groups excluding carboxylic acids is 2. The van der Waals surface area contributed by atoms with Crippen LogP contribution in [0, 0.1) is 0 Å². The van der Waals surface area contributed by atoms with Gasteiger partial charge in [0.2, 0.25) is 12.3 Å². The quantitative estimate of drug-likeness (QED) is 0.710. The number of aromatic nitrogens is 2. The topological polar surface area (TPSA) is 97.1 Å². The highest BCUT2D eigenvalue weighted by Crippen LogP contribution is 2.25. The van der Waals surface area contributed by atoms with Gasteiger partial charge in [0.05, 0.1) is 0 Å². The van der Waals surface area contributed by atoms with Crippen LogP contribution in [0.1, 0.15) is 17.5 Å². The van der Waals surface area contributed by atoms with E-state index >= 15 is 0 Å². The van der Waals surface area contributed by atoms with Crippen molar-refractivity contribution in [1.29, 1.82) is 0 Å². The molecule has 0 atom stereocenters. The van der Waals surface area contributed by atoms with Crippen LogP contribution in [0.25, 0.3) is 11.5 Å². The fourth-order valence-electron chi connectivity index (χ4n) is 3.05. The van der Waals surface area contributed by atoms with Crippen molar-refractivity contribution < 1.29 is 14.0 Å². The van der Waals surface area contributed by atoms with Gasteiger partial charge in [-0.05, 0) is 60.7 Å². The smallest absolute Gasteiger partial charge is 0.314 e. The first-order valence-corrected chi connectivity index (χ1v) is 8.30. The number of nitrogens with zero attached hydrogens (tertiary/aromatic N) is 2. The highest BCUT2D eigenvalue weighted by atomic mass is 16.4. The Morgan fingerprint density at radius 1 is 0.923 bits per heavy atom. The summed E-state index contributed by atoms with van der Waals surface area (Å²) in [5, 5.41) is 12.7. The van der Waals surface area contributed by atoms with E-state index in [9.17, 15) is 9.59 Å². The van der Waals surface area contributed by atoms with E-state index in [1.807, 2.05) is 18.2 Å². The maximum atomic E-state index is 12.2. The summed E-state index contributed by atoms with van der Waals surface area (Å²) in [6.07, 6.45) is 4.43. The maximum Gasteiger partial charge on any atom is 0.314 e. The summed E-state index contributed by atoms with van der Waals surface area (Å²) in [6, 6.07) is 12.6. The van der Waals surface area contributed by atoms with Gasteiger partial charge in [-0.25, -0.2) is 0 Å². The summed E-state index contributed by atoms with van der Waals surface area (Å²) >= 11 is 0. The van der Waals surface area contributed by atoms with Gasteiger partial charge in [-0.1, -0.05) is 12.1 Å². The molecule has 2 N–H and O–H groups in total. The van der Waals surface area contributed by atoms with Crippen molar-refractivity contribution >= 4 is 23.2 Å². The number of hydrogen-bond donors (Lipinski definition) is 2. The predicted octanol–water partition coefficient (Wildman–Crippen LogP) is 2.80. The maximum absolute atomic E-state index is 12.2. The molecule has 0 unspecified atom stereocenters. The monoisotopic (exact) mass is 348 g/mol. The Morgan fingerprint density at radius 2 is 1.69 bits per heavy atom. The van der Waals surface area contributed by atoms with E-state index in [-0.39, 0.29) is 0 Å². The molecule has 0 saturated carbocycles. The molecule has 7 heteroatoms. The van der Waals surface area contributed by atoms with E-state index in [0.717, 1.165) is 19.3 Å². The van der Waals surface area contributed by atoms with Gasteiger partial charge in [0.1, 0.15) is 0 Å². The zero-order valence-electron chi connectivity index (χ0n) is 13.9. The molecule has 26 heavy (non-hydrogen) atoms. The first-order valence-electron chi connectivity index (χ1n) is 8.30. The number of aryl methyl sites for hydroxylation is 2. The van der Waals surface area contributed by atoms with Crippen molar-refractivity contribution in [3.8, 4) is 11.5 Å². The van der Waals surface area contributed by atoms with Gasteiger partial charge in [-0.15, -0.1) is 10.2 Å². The van der Waals surface area contributed by atoms with Crippen LogP contribution in [0.2, 0.25) is 0 Å². The molecule has 1 aromatic heterocycles. The van der Waals surface area contributed by atoms with Crippen LogP contribution in [0.4, 0.5) is 11.4 Å². The fraction of sp³-hybridized carbons (Fsp3) is 0.158. The molecule has 7 nitrogen and oxygen atoms in total. The van der Waals surface area contributed by atoms with E-state index in [2.05, 4.69) is 20.8 Å². The van der Waals surface area contributed by atoms with Crippen molar-refractivity contribution in [3.63, 3.8) is 0 Å². The van der Waals surface area contributed by atoms with Crippen LogP contribution in [-0.2, 0) is 22.4 Å². The second-order valence-corrected chi connectivity index (χ2v) is 6.07. The van der Waals surface area contributed by atoms with Crippen LogP contribution in [0.5, 0.6) is 0 Å². The lowest BCUT2D eigenvalue weighted by molar-refractivity contribution is -0.132. The molecule has 1 aliphatic rings. The molecule has 1 aliphatic carbocycles. The molecule has 0 aliphatic heterocycles. The minimum Gasteiger partial charge on any atom is -0.423 e. The number of benzene rings is 2. The first kappa shape index (κ1) is 16.0. The number of rotatable bonds is 3. The van der Waals surface area contributed by atoms with Crippen molar-refractivity contribution in [3.05, 3.63) is 60.0 Å². The van der Waals surface area contributed by atoms with Gasteiger partial charge in [0.25, 0.3) is 0 Å². The molecule has 0 fully saturated rings. The summed E-state index contributed by atoms with van der Waals surface area (Å²) in [4.78, 5) is 24.3. The Bertz CT molecular complexity index is 967. The Labute approximate surface area is 149 Å². The molecule has 4 rings (SSSR count). The average molecular weight is 348 g/mol. The third kappa shape index (κ3) is 3.32. The molecule has 2 amide bonds. The van der Waals surface area contributed by atoms with Crippen molar-refractivity contribution in [2.24, 2.45) is 0 Å². The normalized spacial score (nSPS) is 12.5. The average Bonchev–Trinajstić information content (AvgIpc) is 3.33. The largest absolute Gasteiger partial charge is 0.423 e. The van der Waals surface area contributed by atoms with Crippen LogP contribution in [0.3, 0.4) is 0 Å². The fourth-order valence-corrected chi connectivity index (χ4v) is 3.05. The van der Waals surface area contributed by atoms with Crippen molar-refractivity contribution in [1.82, 2.24) is 10.2 Å². The number of carbonyl (C=O) groups is 2. The minimum absolute atomic E-state index is 0.337. The number of hydrogen-bond acceptors (Lipinski definition) is 5. The van der Waals surface area contributed by atoms with Gasteiger partial charge < -0.3 is 15.1 Å². The van der Waals surface area contributed by atoms with E-state index < -0.39 is 11.8 Å². The Kier molecular flexibility index (Phi) is 4.18. The Hall–Kier alpha value is -3.48. The van der Waals surface area contributed by atoms with E-state index in [1.54, 1.807) is 24.3 Å². The third-order valence-electron chi connectivity index (χ3n) is 4.29. The lowest BCUT2D eigenvalue weighted by atomic mass is 10.1. The zero-order chi connectivity index (χ0) is 17.9. The van der Waals surface area contributed by atoms with E-state index in [0.29, 0.717) is 22.8 Å². The zero-order valence-corrected chi connectivity index (χ0v) is 13.9. The Morgan fingerprint density at radius 3 is 2.46 bits per heavy atom. The predicted molar refractivity (Wildman–Crippen MR) is 95.5 cm³/mol. The molecule has 0 bridgehead atoms. The van der Waals surface area contributed by atoms with E-state index in [4.69, 9.17) is 4.42 Å². The first-order chi connectivity index (χ1) is 12.7. The van der Waals surface area contributed by atoms with E-state index in [1.165, 1.54) is 17.5 Å². The highest BCUT2D eigenvalue weighted by Gasteiger charge is 2.17. The second kappa shape index (κ2) is 6.79. The number of fused-ring (bicyclic) bond motifs is 1. The van der Waals surface area contributed by atoms with Gasteiger partial charge in [-0.2, -0.15) is 0 Å². The molecular formula is C19H16N4O3. The van der Waals surface area contributed by atoms with Crippen molar-refractivity contribution in [2.45, 2.75) is 19.3 Å². The van der Waals surface area contributed by atoms with Crippen molar-refractivity contribution in [2.75, 3.05) is 10.6 Å². The summed E-state index contributed by atoms with van der Waals surface area (Å²) in [5.41, 5.74) is 4.29. The molecule has 2 aromatic carbocycles.